The molecule has 0 fully saturated rings. The van der Waals surface area contributed by atoms with E-state index in [1.807, 2.05) is 0 Å². The van der Waals surface area contributed by atoms with Gasteiger partial charge in [-0.15, -0.1) is 0 Å². The van der Waals surface area contributed by atoms with Crippen LogP contribution in [-0.2, 0) is 4.43 Å². The molecule has 8 heavy (non-hydrogen) atoms. The van der Waals surface area contributed by atoms with Crippen molar-refractivity contribution in [2.24, 2.45) is 0 Å². The van der Waals surface area contributed by atoms with Crippen LogP contribution in [0.1, 0.15) is 6.92 Å². The molecule has 0 amide bonds. The maximum atomic E-state index is 5.19. The Balaban J connectivity index is 2.97. The van der Waals surface area contributed by atoms with E-state index in [1.165, 1.54) is 0 Å². The SMILES string of the molecule is C=[SiH]OCC(C)[SiH2]C. The summed E-state index contributed by atoms with van der Waals surface area (Å²) >= 11 is 0. The Morgan fingerprint density at radius 3 is 2.88 bits per heavy atom. The smallest absolute Gasteiger partial charge is 0.208 e. The molecule has 0 radical (unpaired) electrons. The lowest BCUT2D eigenvalue weighted by Gasteiger charge is -2.05. The van der Waals surface area contributed by atoms with Crippen LogP contribution in [0.15, 0.2) is 0 Å². The molecule has 0 aliphatic heterocycles. The molecule has 0 bridgehead atoms. The summed E-state index contributed by atoms with van der Waals surface area (Å²) in [4.78, 5) is 0. The van der Waals surface area contributed by atoms with Gasteiger partial charge in [0.1, 0.15) is 0 Å². The summed E-state index contributed by atoms with van der Waals surface area (Å²) in [7, 11) is 0.209. The minimum Gasteiger partial charge on any atom is -0.554 e. The van der Waals surface area contributed by atoms with Gasteiger partial charge in [0.25, 0.3) is 0 Å². The topological polar surface area (TPSA) is 9.23 Å². The van der Waals surface area contributed by atoms with Crippen LogP contribution in [0.2, 0.25) is 12.1 Å². The zero-order valence-electron chi connectivity index (χ0n) is 5.68. The highest BCUT2D eigenvalue weighted by Gasteiger charge is 1.94. The molecule has 0 heterocycles. The molecule has 48 valence electrons. The van der Waals surface area contributed by atoms with Crippen molar-refractivity contribution in [3.63, 3.8) is 0 Å². The first-order chi connectivity index (χ1) is 3.81. The maximum absolute atomic E-state index is 5.19. The second kappa shape index (κ2) is 5.24. The molecule has 0 aromatic rings. The molecular formula is C5H14OSi2. The van der Waals surface area contributed by atoms with Crippen LogP contribution >= 0.6 is 0 Å². The lowest BCUT2D eigenvalue weighted by atomic mass is 10.5. The summed E-state index contributed by atoms with van der Waals surface area (Å²) in [6.07, 6.45) is 3.67. The fraction of sp³-hybridized carbons (Fsp3) is 0.800. The molecule has 0 saturated heterocycles. The lowest BCUT2D eigenvalue weighted by Crippen LogP contribution is -2.04. The summed E-state index contributed by atoms with van der Waals surface area (Å²) in [5.41, 5.74) is 0.851. The highest BCUT2D eigenvalue weighted by Crippen LogP contribution is 1.98. The fourth-order valence-corrected chi connectivity index (χ4v) is 1.46. The minimum absolute atomic E-state index is 0.0300. The van der Waals surface area contributed by atoms with Crippen molar-refractivity contribution in [1.82, 2.24) is 0 Å². The molecule has 1 atom stereocenters. The predicted octanol–water partition coefficient (Wildman–Crippen LogP) is -0.188. The molecule has 0 aromatic heterocycles. The molecule has 1 nitrogen and oxygen atoms in total. The van der Waals surface area contributed by atoms with Crippen LogP contribution in [0, 0.1) is 0 Å². The highest BCUT2D eigenvalue weighted by molar-refractivity contribution is 6.36. The number of hydrogen-bond acceptors (Lipinski definition) is 1. The molecular weight excluding hydrogens is 132 g/mol. The second-order valence-electron chi connectivity index (χ2n) is 2.01. The molecule has 0 aromatic carbocycles. The van der Waals surface area contributed by atoms with Crippen molar-refractivity contribution < 1.29 is 4.43 Å². The van der Waals surface area contributed by atoms with Gasteiger partial charge < -0.3 is 4.43 Å². The van der Waals surface area contributed by atoms with Crippen molar-refractivity contribution >= 4 is 25.1 Å². The molecule has 0 aliphatic rings. The van der Waals surface area contributed by atoms with Gasteiger partial charge in [0.2, 0.25) is 9.38 Å². The Morgan fingerprint density at radius 1 is 1.88 bits per heavy atom. The first kappa shape index (κ1) is 8.10. The van der Waals surface area contributed by atoms with Gasteiger partial charge in [-0.3, -0.25) is 0 Å². The van der Waals surface area contributed by atoms with E-state index in [0.29, 0.717) is 0 Å². The Morgan fingerprint density at radius 2 is 2.50 bits per heavy atom. The number of hydrogen-bond donors (Lipinski definition) is 0. The van der Waals surface area contributed by atoms with Gasteiger partial charge in [0.05, 0.1) is 6.61 Å². The monoisotopic (exact) mass is 146 g/mol. The van der Waals surface area contributed by atoms with Crippen molar-refractivity contribution in [1.29, 1.82) is 0 Å². The van der Waals surface area contributed by atoms with Gasteiger partial charge in [0, 0.05) is 9.52 Å². The zero-order chi connectivity index (χ0) is 6.41. The van der Waals surface area contributed by atoms with Crippen LogP contribution in [0.3, 0.4) is 0 Å². The van der Waals surface area contributed by atoms with E-state index in [0.717, 1.165) is 12.1 Å². The van der Waals surface area contributed by atoms with Gasteiger partial charge in [-0.2, -0.15) is 0 Å². The van der Waals surface area contributed by atoms with Gasteiger partial charge in [0.15, 0.2) is 0 Å². The molecule has 0 spiro atoms. The van der Waals surface area contributed by atoms with Crippen molar-refractivity contribution in [2.45, 2.75) is 19.0 Å². The largest absolute Gasteiger partial charge is 0.554 e. The first-order valence-corrected chi connectivity index (χ1v) is 6.55. The average molecular weight is 146 g/mol. The van der Waals surface area contributed by atoms with Gasteiger partial charge in [-0.05, 0) is 5.54 Å². The van der Waals surface area contributed by atoms with Crippen molar-refractivity contribution in [3.8, 4) is 0 Å². The van der Waals surface area contributed by atoms with E-state index in [1.54, 1.807) is 0 Å². The van der Waals surface area contributed by atoms with Crippen LogP contribution in [-0.4, -0.2) is 31.7 Å². The lowest BCUT2D eigenvalue weighted by molar-refractivity contribution is 0.346. The van der Waals surface area contributed by atoms with Crippen molar-refractivity contribution in [3.05, 3.63) is 0 Å². The summed E-state index contributed by atoms with van der Waals surface area (Å²) < 4.78 is 5.19. The minimum atomic E-state index is 0.0300. The van der Waals surface area contributed by atoms with E-state index in [4.69, 9.17) is 4.43 Å². The summed E-state index contributed by atoms with van der Waals surface area (Å²) in [5, 5.41) is 0. The van der Waals surface area contributed by atoms with Gasteiger partial charge in [-0.1, -0.05) is 19.6 Å². The van der Waals surface area contributed by atoms with E-state index in [9.17, 15) is 0 Å². The van der Waals surface area contributed by atoms with Crippen molar-refractivity contribution in [2.75, 3.05) is 6.61 Å². The Hall–Kier alpha value is 0.104. The van der Waals surface area contributed by atoms with Gasteiger partial charge in [-0.25, -0.2) is 0 Å². The fourth-order valence-electron chi connectivity index (χ4n) is 0.350. The summed E-state index contributed by atoms with van der Waals surface area (Å²) in [6, 6.07) is 0. The Labute approximate surface area is 55.8 Å². The normalized spacial score (nSPS) is 14.2. The third-order valence-electron chi connectivity index (χ3n) is 1.20. The molecule has 1 unspecified atom stereocenters. The maximum Gasteiger partial charge on any atom is 0.208 e. The molecule has 0 rings (SSSR count). The second-order valence-corrected chi connectivity index (χ2v) is 4.89. The van der Waals surface area contributed by atoms with Crippen LogP contribution < -0.4 is 0 Å². The Kier molecular flexibility index (Phi) is 5.31. The predicted molar refractivity (Wildman–Crippen MR) is 44.1 cm³/mol. The van der Waals surface area contributed by atoms with Crippen LogP contribution in [0.5, 0.6) is 0 Å². The standard InChI is InChI=1S/C5H14OSi2/c1-5(7-2)4-6-8-3/h5,8H,3-4,7H2,1-2H3. The summed E-state index contributed by atoms with van der Waals surface area (Å²) in [5.74, 6) is 0. The van der Waals surface area contributed by atoms with E-state index in [-0.39, 0.29) is 18.9 Å². The van der Waals surface area contributed by atoms with E-state index >= 15 is 0 Å². The third kappa shape index (κ3) is 4.27. The summed E-state index contributed by atoms with van der Waals surface area (Å²) in [6.45, 7) is 5.52. The van der Waals surface area contributed by atoms with E-state index in [2.05, 4.69) is 19.6 Å². The van der Waals surface area contributed by atoms with E-state index < -0.39 is 0 Å². The zero-order valence-corrected chi connectivity index (χ0v) is 8.25. The van der Waals surface area contributed by atoms with Crippen LogP contribution in [0.25, 0.3) is 0 Å². The van der Waals surface area contributed by atoms with Crippen LogP contribution in [0.4, 0.5) is 0 Å². The molecule has 3 heteroatoms. The first-order valence-electron chi connectivity index (χ1n) is 3.03. The number of rotatable bonds is 4. The Bertz CT molecular complexity index is 65.4. The average Bonchev–Trinajstić information content (AvgIpc) is 1.83. The highest BCUT2D eigenvalue weighted by atomic mass is 28.2. The third-order valence-corrected chi connectivity index (χ3v) is 3.25. The quantitative estimate of drug-likeness (QED) is 0.500. The molecule has 0 saturated carbocycles. The van der Waals surface area contributed by atoms with Gasteiger partial charge >= 0.3 is 0 Å². The molecule has 0 N–H and O–H groups in total. The molecule has 0 aliphatic carbocycles.